The zero-order chi connectivity index (χ0) is 10.3. The van der Waals surface area contributed by atoms with Crippen LogP contribution in [-0.2, 0) is 27.6 Å². The molecule has 5 heteroatoms. The minimum absolute atomic E-state index is 0.112. The molecule has 3 nitrogen and oxygen atoms in total. The fourth-order valence-corrected chi connectivity index (χ4v) is 3.02. The Morgan fingerprint density at radius 2 is 2.14 bits per heavy atom. The minimum Gasteiger partial charge on any atom is -0.466 e. The summed E-state index contributed by atoms with van der Waals surface area (Å²) in [5.41, 5.74) is 1.83. The van der Waals surface area contributed by atoms with Gasteiger partial charge in [0.2, 0.25) is 9.05 Å². The molecule has 1 aromatic heterocycles. The van der Waals surface area contributed by atoms with E-state index in [2.05, 4.69) is 0 Å². The van der Waals surface area contributed by atoms with E-state index < -0.39 is 9.05 Å². The van der Waals surface area contributed by atoms with Gasteiger partial charge in [-0.2, -0.15) is 0 Å². The van der Waals surface area contributed by atoms with Gasteiger partial charge < -0.3 is 4.42 Å². The molecule has 0 saturated carbocycles. The van der Waals surface area contributed by atoms with Crippen molar-refractivity contribution in [2.75, 3.05) is 0 Å². The highest BCUT2D eigenvalue weighted by molar-refractivity contribution is 8.13. The molecule has 78 valence electrons. The van der Waals surface area contributed by atoms with Gasteiger partial charge in [0, 0.05) is 22.7 Å². The van der Waals surface area contributed by atoms with E-state index in [-0.39, 0.29) is 5.75 Å². The van der Waals surface area contributed by atoms with E-state index in [1.165, 1.54) is 0 Å². The Bertz CT molecular complexity index is 459. The van der Waals surface area contributed by atoms with Crippen LogP contribution < -0.4 is 0 Å². The quantitative estimate of drug-likeness (QED) is 0.737. The second kappa shape index (κ2) is 3.28. The number of hydrogen-bond acceptors (Lipinski definition) is 3. The van der Waals surface area contributed by atoms with Crippen LogP contribution >= 0.6 is 10.7 Å². The Morgan fingerprint density at radius 1 is 1.43 bits per heavy atom. The maximum absolute atomic E-state index is 11.0. The highest BCUT2D eigenvalue weighted by Gasteiger charge is 2.24. The maximum Gasteiger partial charge on any atom is 0.236 e. The summed E-state index contributed by atoms with van der Waals surface area (Å²) in [5, 5.41) is 0. The van der Waals surface area contributed by atoms with Crippen LogP contribution in [0.1, 0.15) is 29.1 Å². The van der Waals surface area contributed by atoms with Crippen molar-refractivity contribution in [1.29, 1.82) is 0 Å². The van der Waals surface area contributed by atoms with E-state index in [0.717, 1.165) is 36.1 Å². The molecule has 0 saturated heterocycles. The van der Waals surface area contributed by atoms with Crippen molar-refractivity contribution >= 4 is 19.7 Å². The predicted molar refractivity (Wildman–Crippen MR) is 53.9 cm³/mol. The number of fused-ring (bicyclic) bond motifs is 1. The zero-order valence-electron chi connectivity index (χ0n) is 7.84. The normalized spacial score (nSPS) is 15.9. The summed E-state index contributed by atoms with van der Waals surface area (Å²) in [6.45, 7) is 1.79. The van der Waals surface area contributed by atoms with Crippen molar-refractivity contribution in [2.45, 2.75) is 31.9 Å². The van der Waals surface area contributed by atoms with Gasteiger partial charge in [-0.25, -0.2) is 8.42 Å². The summed E-state index contributed by atoms with van der Waals surface area (Å²) in [4.78, 5) is 0. The Morgan fingerprint density at radius 3 is 2.79 bits per heavy atom. The average Bonchev–Trinajstić information content (AvgIpc) is 2.54. The fraction of sp³-hybridized carbons (Fsp3) is 0.556. The van der Waals surface area contributed by atoms with Gasteiger partial charge in [0.15, 0.2) is 0 Å². The lowest BCUT2D eigenvalue weighted by atomic mass is 10.1. The summed E-state index contributed by atoms with van der Waals surface area (Å²) in [5.74, 6) is 1.52. The molecule has 0 atom stereocenters. The second-order valence-electron chi connectivity index (χ2n) is 3.58. The van der Waals surface area contributed by atoms with E-state index in [1.54, 1.807) is 6.92 Å². The molecule has 0 unspecified atom stereocenters. The minimum atomic E-state index is -3.48. The van der Waals surface area contributed by atoms with Gasteiger partial charge >= 0.3 is 0 Å². The van der Waals surface area contributed by atoms with E-state index in [9.17, 15) is 8.42 Å². The van der Waals surface area contributed by atoms with Gasteiger partial charge in [0.05, 0.1) is 5.75 Å². The third kappa shape index (κ3) is 1.81. The molecule has 2 rings (SSSR count). The lowest BCUT2D eigenvalue weighted by Crippen LogP contribution is -1.98. The molecule has 0 bridgehead atoms. The predicted octanol–water partition coefficient (Wildman–Crippen LogP) is 2.15. The van der Waals surface area contributed by atoms with Gasteiger partial charge in [0.25, 0.3) is 0 Å². The van der Waals surface area contributed by atoms with Crippen molar-refractivity contribution < 1.29 is 12.8 Å². The molecule has 0 radical (unpaired) electrons. The third-order valence-corrected chi connectivity index (χ3v) is 3.51. The first-order chi connectivity index (χ1) is 6.47. The number of rotatable bonds is 2. The average molecular weight is 235 g/mol. The van der Waals surface area contributed by atoms with E-state index >= 15 is 0 Å². The lowest BCUT2D eigenvalue weighted by molar-refractivity contribution is 0.485. The van der Waals surface area contributed by atoms with Gasteiger partial charge in [0.1, 0.15) is 11.5 Å². The molecule has 1 aliphatic rings. The second-order valence-corrected chi connectivity index (χ2v) is 6.35. The molecule has 0 spiro atoms. The number of furan rings is 1. The van der Waals surface area contributed by atoms with Gasteiger partial charge in [-0.1, -0.05) is 0 Å². The van der Waals surface area contributed by atoms with E-state index in [4.69, 9.17) is 15.1 Å². The molecule has 0 fully saturated rings. The van der Waals surface area contributed by atoms with Crippen molar-refractivity contribution in [2.24, 2.45) is 0 Å². The van der Waals surface area contributed by atoms with Crippen LogP contribution in [0.25, 0.3) is 0 Å². The van der Waals surface area contributed by atoms with Crippen LogP contribution in [0.15, 0.2) is 4.42 Å². The Balaban J connectivity index is 2.43. The standard InChI is InChI=1S/C9H11ClO3S/c1-6-8(5-14(10,11)12)7-3-2-4-9(7)13-6/h2-5H2,1H3. The van der Waals surface area contributed by atoms with E-state index in [1.807, 2.05) is 0 Å². The van der Waals surface area contributed by atoms with Crippen molar-refractivity contribution in [3.8, 4) is 0 Å². The van der Waals surface area contributed by atoms with Crippen LogP contribution in [-0.4, -0.2) is 8.42 Å². The fourth-order valence-electron chi connectivity index (χ4n) is 1.97. The molecule has 0 aliphatic heterocycles. The van der Waals surface area contributed by atoms with Crippen LogP contribution in [0.2, 0.25) is 0 Å². The molecule has 1 heterocycles. The van der Waals surface area contributed by atoms with Crippen LogP contribution in [0.3, 0.4) is 0 Å². The Labute approximate surface area is 87.5 Å². The number of hydrogen-bond donors (Lipinski definition) is 0. The largest absolute Gasteiger partial charge is 0.466 e. The Hall–Kier alpha value is -0.480. The first-order valence-electron chi connectivity index (χ1n) is 4.50. The number of aryl methyl sites for hydroxylation is 2. The first-order valence-corrected chi connectivity index (χ1v) is 6.97. The highest BCUT2D eigenvalue weighted by Crippen LogP contribution is 2.31. The smallest absolute Gasteiger partial charge is 0.236 e. The third-order valence-electron chi connectivity index (χ3n) is 2.55. The summed E-state index contributed by atoms with van der Waals surface area (Å²) < 4.78 is 27.4. The summed E-state index contributed by atoms with van der Waals surface area (Å²) in [6.07, 6.45) is 2.87. The first kappa shape index (κ1) is 10.1. The van der Waals surface area contributed by atoms with Crippen LogP contribution in [0.4, 0.5) is 0 Å². The summed E-state index contributed by atoms with van der Waals surface area (Å²) in [7, 11) is 1.75. The molecular weight excluding hydrogens is 224 g/mol. The summed E-state index contributed by atoms with van der Waals surface area (Å²) >= 11 is 0. The molecule has 1 aromatic rings. The molecule has 0 amide bonds. The highest BCUT2D eigenvalue weighted by atomic mass is 35.7. The SMILES string of the molecule is Cc1oc2c(c1CS(=O)(=O)Cl)CCC2. The molecule has 0 N–H and O–H groups in total. The van der Waals surface area contributed by atoms with Crippen molar-refractivity contribution in [3.05, 3.63) is 22.6 Å². The van der Waals surface area contributed by atoms with Gasteiger partial charge in [-0.05, 0) is 25.3 Å². The molecule has 14 heavy (non-hydrogen) atoms. The van der Waals surface area contributed by atoms with Crippen molar-refractivity contribution in [1.82, 2.24) is 0 Å². The molecular formula is C9H11ClO3S. The topological polar surface area (TPSA) is 47.3 Å². The molecule has 0 aromatic carbocycles. The van der Waals surface area contributed by atoms with Crippen LogP contribution in [0.5, 0.6) is 0 Å². The van der Waals surface area contributed by atoms with Crippen LogP contribution in [0, 0.1) is 6.92 Å². The van der Waals surface area contributed by atoms with Gasteiger partial charge in [-0.3, -0.25) is 0 Å². The zero-order valence-corrected chi connectivity index (χ0v) is 9.41. The monoisotopic (exact) mass is 234 g/mol. The molecule has 1 aliphatic carbocycles. The Kier molecular flexibility index (Phi) is 2.35. The maximum atomic E-state index is 11.0. The van der Waals surface area contributed by atoms with E-state index in [0.29, 0.717) is 5.76 Å². The lowest BCUT2D eigenvalue weighted by Gasteiger charge is -1.98. The number of halogens is 1. The van der Waals surface area contributed by atoms with Crippen molar-refractivity contribution in [3.63, 3.8) is 0 Å². The summed E-state index contributed by atoms with van der Waals surface area (Å²) in [6, 6.07) is 0. The van der Waals surface area contributed by atoms with Gasteiger partial charge in [-0.15, -0.1) is 0 Å².